The Balaban J connectivity index is 1.50. The van der Waals surface area contributed by atoms with Crippen molar-refractivity contribution in [1.29, 1.82) is 0 Å². The summed E-state index contributed by atoms with van der Waals surface area (Å²) in [5.74, 6) is 1.87. The van der Waals surface area contributed by atoms with Gasteiger partial charge in [-0.25, -0.2) is 14.0 Å². The molecular formula is C22H30N4O2. The summed E-state index contributed by atoms with van der Waals surface area (Å²) < 4.78 is 3.11. The van der Waals surface area contributed by atoms with E-state index in [1.54, 1.807) is 11.6 Å². The third-order valence-electron chi connectivity index (χ3n) is 6.34. The first-order valence-corrected chi connectivity index (χ1v) is 10.6. The maximum Gasteiger partial charge on any atom is 0.350 e. The molecule has 1 aromatic heterocycles. The number of carbonyl (C=O) groups excluding carboxylic acids is 1. The molecule has 0 radical (unpaired) electrons. The Morgan fingerprint density at radius 2 is 1.86 bits per heavy atom. The fourth-order valence-corrected chi connectivity index (χ4v) is 4.77. The number of aromatic nitrogens is 3. The molecule has 2 aliphatic rings. The topological polar surface area (TPSA) is 60.1 Å². The zero-order valence-corrected chi connectivity index (χ0v) is 16.7. The fourth-order valence-electron chi connectivity index (χ4n) is 4.77. The zero-order chi connectivity index (χ0) is 19.5. The third-order valence-corrected chi connectivity index (χ3v) is 6.34. The number of likely N-dealkylation sites (tertiary alicyclic amines) is 1. The molecule has 6 heteroatoms. The van der Waals surface area contributed by atoms with Gasteiger partial charge in [-0.15, -0.1) is 0 Å². The summed E-state index contributed by atoms with van der Waals surface area (Å²) in [6.45, 7) is 1.48. The van der Waals surface area contributed by atoms with Crippen LogP contribution in [0.5, 0.6) is 0 Å². The van der Waals surface area contributed by atoms with E-state index in [4.69, 9.17) is 0 Å². The number of hydrogen-bond donors (Lipinski definition) is 0. The van der Waals surface area contributed by atoms with Crippen molar-refractivity contribution in [2.24, 2.45) is 13.0 Å². The molecule has 0 spiro atoms. The van der Waals surface area contributed by atoms with Crippen molar-refractivity contribution in [2.45, 2.75) is 57.3 Å². The highest BCUT2D eigenvalue weighted by atomic mass is 16.2. The van der Waals surface area contributed by atoms with Crippen LogP contribution in [0, 0.1) is 5.92 Å². The molecule has 4 rings (SSSR count). The molecule has 1 aliphatic heterocycles. The van der Waals surface area contributed by atoms with Gasteiger partial charge in [0.25, 0.3) is 0 Å². The van der Waals surface area contributed by atoms with Crippen molar-refractivity contribution in [2.75, 3.05) is 13.1 Å². The Morgan fingerprint density at radius 3 is 2.61 bits per heavy atom. The number of rotatable bonds is 5. The molecule has 28 heavy (non-hydrogen) atoms. The summed E-state index contributed by atoms with van der Waals surface area (Å²) in [6.07, 6.45) is 8.81. The zero-order valence-electron chi connectivity index (χ0n) is 16.7. The number of benzene rings is 1. The molecule has 1 aromatic carbocycles. The third kappa shape index (κ3) is 3.91. The molecular weight excluding hydrogens is 352 g/mol. The van der Waals surface area contributed by atoms with E-state index in [9.17, 15) is 9.59 Å². The van der Waals surface area contributed by atoms with Crippen molar-refractivity contribution in [3.8, 4) is 5.69 Å². The Morgan fingerprint density at radius 1 is 1.11 bits per heavy atom. The quantitative estimate of drug-likeness (QED) is 0.798. The number of hydrogen-bond acceptors (Lipinski definition) is 3. The van der Waals surface area contributed by atoms with Crippen LogP contribution in [-0.2, 0) is 11.8 Å². The molecule has 1 atom stereocenters. The molecule has 2 aromatic rings. The van der Waals surface area contributed by atoms with E-state index in [-0.39, 0.29) is 17.5 Å². The molecule has 2 heterocycles. The average Bonchev–Trinajstić information content (AvgIpc) is 3.35. The molecule has 0 bridgehead atoms. The van der Waals surface area contributed by atoms with Gasteiger partial charge >= 0.3 is 5.69 Å². The number of nitrogens with zero attached hydrogens (tertiary/aromatic N) is 4. The van der Waals surface area contributed by atoms with Crippen LogP contribution in [0.3, 0.4) is 0 Å². The molecule has 1 amide bonds. The van der Waals surface area contributed by atoms with Crippen LogP contribution in [0.4, 0.5) is 0 Å². The Bertz CT molecular complexity index is 864. The van der Waals surface area contributed by atoms with Crippen LogP contribution in [-0.4, -0.2) is 38.2 Å². The highest BCUT2D eigenvalue weighted by Gasteiger charge is 2.30. The minimum atomic E-state index is -0.133. The van der Waals surface area contributed by atoms with Gasteiger partial charge < -0.3 is 4.90 Å². The van der Waals surface area contributed by atoms with Crippen LogP contribution in [0.2, 0.25) is 0 Å². The van der Waals surface area contributed by atoms with Crippen molar-refractivity contribution in [3.05, 3.63) is 46.6 Å². The first-order valence-electron chi connectivity index (χ1n) is 10.6. The first kappa shape index (κ1) is 19.0. The van der Waals surface area contributed by atoms with Gasteiger partial charge in [-0.1, -0.05) is 43.9 Å². The number of piperidine rings is 1. The SMILES string of the molecule is Cn1nc(C2CCCN(C(=O)CCC3CCCC3)C2)n(-c2ccccc2)c1=O. The van der Waals surface area contributed by atoms with Gasteiger partial charge in [0.15, 0.2) is 0 Å². The predicted molar refractivity (Wildman–Crippen MR) is 109 cm³/mol. The van der Waals surface area contributed by atoms with Crippen LogP contribution in [0.15, 0.2) is 35.1 Å². The van der Waals surface area contributed by atoms with Crippen LogP contribution < -0.4 is 5.69 Å². The van der Waals surface area contributed by atoms with Crippen molar-refractivity contribution in [3.63, 3.8) is 0 Å². The standard InChI is InChI=1S/C22H30N4O2/c1-24-22(28)26(19-11-3-2-4-12-19)21(23-24)18-10-7-15-25(16-18)20(27)14-13-17-8-5-6-9-17/h2-4,11-12,17-18H,5-10,13-16H2,1H3. The molecule has 1 saturated heterocycles. The summed E-state index contributed by atoms with van der Waals surface area (Å²) in [4.78, 5) is 27.5. The molecule has 0 N–H and O–H groups in total. The second-order valence-corrected chi connectivity index (χ2v) is 8.30. The summed E-state index contributed by atoms with van der Waals surface area (Å²) in [7, 11) is 1.69. The molecule has 150 valence electrons. The summed E-state index contributed by atoms with van der Waals surface area (Å²) in [5.41, 5.74) is 0.700. The normalized spacial score (nSPS) is 20.6. The average molecular weight is 383 g/mol. The van der Waals surface area contributed by atoms with Gasteiger partial charge in [-0.05, 0) is 37.3 Å². The maximum absolute atomic E-state index is 12.8. The second-order valence-electron chi connectivity index (χ2n) is 8.30. The van der Waals surface area contributed by atoms with Gasteiger partial charge in [0.05, 0.1) is 5.69 Å². The number of carbonyl (C=O) groups is 1. The molecule has 1 saturated carbocycles. The summed E-state index contributed by atoms with van der Waals surface area (Å²) >= 11 is 0. The van der Waals surface area contributed by atoms with Gasteiger partial charge in [-0.3, -0.25) is 4.79 Å². The highest BCUT2D eigenvalue weighted by molar-refractivity contribution is 5.76. The Hall–Kier alpha value is -2.37. The lowest BCUT2D eigenvalue weighted by Gasteiger charge is -2.32. The van der Waals surface area contributed by atoms with E-state index in [1.807, 2.05) is 35.2 Å². The van der Waals surface area contributed by atoms with Gasteiger partial charge in [0.1, 0.15) is 5.82 Å². The second kappa shape index (κ2) is 8.33. The van der Waals surface area contributed by atoms with Gasteiger partial charge in [-0.2, -0.15) is 5.10 Å². The number of aryl methyl sites for hydroxylation is 1. The Kier molecular flexibility index (Phi) is 5.64. The molecule has 2 fully saturated rings. The molecule has 1 aliphatic carbocycles. The van der Waals surface area contributed by atoms with Crippen LogP contribution >= 0.6 is 0 Å². The highest BCUT2D eigenvalue weighted by Crippen LogP contribution is 2.30. The number of amides is 1. The van der Waals surface area contributed by atoms with Crippen LogP contribution in [0.25, 0.3) is 5.69 Å². The van der Waals surface area contributed by atoms with Gasteiger partial charge in [0, 0.05) is 32.5 Å². The van der Waals surface area contributed by atoms with E-state index in [0.29, 0.717) is 13.0 Å². The predicted octanol–water partition coefficient (Wildman–Crippen LogP) is 3.25. The summed E-state index contributed by atoms with van der Waals surface area (Å²) in [6, 6.07) is 9.66. The van der Waals surface area contributed by atoms with E-state index in [0.717, 1.165) is 43.2 Å². The van der Waals surface area contributed by atoms with E-state index >= 15 is 0 Å². The lowest BCUT2D eigenvalue weighted by Crippen LogP contribution is -2.40. The van der Waals surface area contributed by atoms with Gasteiger partial charge in [0.2, 0.25) is 5.91 Å². The number of para-hydroxylation sites is 1. The minimum Gasteiger partial charge on any atom is -0.342 e. The lowest BCUT2D eigenvalue weighted by atomic mass is 9.95. The fraction of sp³-hybridized carbons (Fsp3) is 0.591. The molecule has 6 nitrogen and oxygen atoms in total. The monoisotopic (exact) mass is 382 g/mol. The smallest absolute Gasteiger partial charge is 0.342 e. The molecule has 1 unspecified atom stereocenters. The maximum atomic E-state index is 12.8. The van der Waals surface area contributed by atoms with Crippen molar-refractivity contribution >= 4 is 5.91 Å². The summed E-state index contributed by atoms with van der Waals surface area (Å²) in [5, 5.41) is 4.54. The van der Waals surface area contributed by atoms with E-state index in [2.05, 4.69) is 5.10 Å². The van der Waals surface area contributed by atoms with Crippen LogP contribution in [0.1, 0.15) is 63.1 Å². The van der Waals surface area contributed by atoms with E-state index in [1.165, 1.54) is 30.4 Å². The van der Waals surface area contributed by atoms with E-state index < -0.39 is 0 Å². The largest absolute Gasteiger partial charge is 0.350 e. The van der Waals surface area contributed by atoms with Crippen molar-refractivity contribution < 1.29 is 4.79 Å². The first-order chi connectivity index (χ1) is 13.6. The minimum absolute atomic E-state index is 0.0956. The van der Waals surface area contributed by atoms with Crippen molar-refractivity contribution in [1.82, 2.24) is 19.2 Å². The lowest BCUT2D eigenvalue weighted by molar-refractivity contribution is -0.132. The Labute approximate surface area is 166 Å².